The number of esters is 1. The van der Waals surface area contributed by atoms with Gasteiger partial charge < -0.3 is 19.7 Å². The van der Waals surface area contributed by atoms with Gasteiger partial charge in [0.2, 0.25) is 0 Å². The summed E-state index contributed by atoms with van der Waals surface area (Å²) in [7, 11) is 0. The van der Waals surface area contributed by atoms with E-state index in [1.54, 1.807) is 20.8 Å². The molecule has 1 unspecified atom stereocenters. The smallest absolute Gasteiger partial charge is 0.340 e. The molecule has 146 valence electrons. The van der Waals surface area contributed by atoms with E-state index in [1.165, 1.54) is 0 Å². The van der Waals surface area contributed by atoms with E-state index in [9.17, 15) is 14.7 Å². The van der Waals surface area contributed by atoms with Crippen LogP contribution in [-0.2, 0) is 4.74 Å². The summed E-state index contributed by atoms with van der Waals surface area (Å²) in [5, 5.41) is 10.1. The lowest BCUT2D eigenvalue weighted by molar-refractivity contribution is 0.0525. The molecule has 2 N–H and O–H groups in total. The van der Waals surface area contributed by atoms with Gasteiger partial charge in [0.25, 0.3) is 0 Å². The minimum atomic E-state index is -0.528. The number of carbonyl (C=O) groups is 2. The van der Waals surface area contributed by atoms with Gasteiger partial charge in [0, 0.05) is 17.9 Å². The Kier molecular flexibility index (Phi) is 7.19. The molecule has 0 aliphatic rings. The first kappa shape index (κ1) is 20.7. The fourth-order valence-electron chi connectivity index (χ4n) is 3.07. The zero-order valence-electron chi connectivity index (χ0n) is 16.4. The highest BCUT2D eigenvalue weighted by atomic mass is 16.5. The van der Waals surface area contributed by atoms with E-state index in [4.69, 9.17) is 4.74 Å². The van der Waals surface area contributed by atoms with Crippen LogP contribution in [-0.4, -0.2) is 47.6 Å². The molecule has 0 aliphatic heterocycles. The molecule has 0 amide bonds. The lowest BCUT2D eigenvalue weighted by Crippen LogP contribution is -2.36. The van der Waals surface area contributed by atoms with E-state index in [2.05, 4.69) is 4.98 Å². The molecule has 0 aliphatic carbocycles. The lowest BCUT2D eigenvalue weighted by Gasteiger charge is -2.26. The van der Waals surface area contributed by atoms with E-state index >= 15 is 0 Å². The molecule has 0 bridgehead atoms. The van der Waals surface area contributed by atoms with Crippen molar-refractivity contribution in [2.24, 2.45) is 0 Å². The van der Waals surface area contributed by atoms with Crippen molar-refractivity contribution in [1.29, 1.82) is 0 Å². The minimum absolute atomic E-state index is 0.101. The van der Waals surface area contributed by atoms with Crippen molar-refractivity contribution in [2.75, 3.05) is 24.6 Å². The van der Waals surface area contributed by atoms with Crippen LogP contribution in [0.15, 0.2) is 30.3 Å². The Balaban J connectivity index is 2.27. The van der Waals surface area contributed by atoms with Crippen LogP contribution in [0.4, 0.5) is 5.69 Å². The number of aliphatic hydroxyl groups is 1. The van der Waals surface area contributed by atoms with Crippen molar-refractivity contribution in [3.8, 4) is 0 Å². The van der Waals surface area contributed by atoms with Gasteiger partial charge in [-0.2, -0.15) is 0 Å². The molecule has 0 spiro atoms. The molecule has 6 heteroatoms. The van der Waals surface area contributed by atoms with Crippen LogP contribution in [0.25, 0.3) is 0 Å². The first-order chi connectivity index (χ1) is 12.9. The van der Waals surface area contributed by atoms with Gasteiger partial charge in [-0.25, -0.2) is 4.79 Å². The van der Waals surface area contributed by atoms with E-state index in [0.29, 0.717) is 35.5 Å². The van der Waals surface area contributed by atoms with E-state index in [1.807, 2.05) is 42.2 Å². The molecular formula is C21H28N2O4. The van der Waals surface area contributed by atoms with Crippen molar-refractivity contribution in [1.82, 2.24) is 4.98 Å². The molecule has 0 saturated carbocycles. The zero-order chi connectivity index (χ0) is 20.0. The number of nitrogens with zero attached hydrogens (tertiary/aromatic N) is 1. The Labute approximate surface area is 160 Å². The monoisotopic (exact) mass is 372 g/mol. The van der Waals surface area contributed by atoms with Crippen LogP contribution >= 0.6 is 0 Å². The molecule has 2 rings (SSSR count). The van der Waals surface area contributed by atoms with E-state index in [-0.39, 0.29) is 18.9 Å². The van der Waals surface area contributed by atoms with Crippen molar-refractivity contribution in [2.45, 2.75) is 40.2 Å². The van der Waals surface area contributed by atoms with E-state index < -0.39 is 12.1 Å². The Morgan fingerprint density at radius 1 is 1.19 bits per heavy atom. The number of Topliss-reactive ketones (excluding diaryl/α,β-unsaturated/α-hetero) is 1. The normalized spacial score (nSPS) is 11.9. The number of anilines is 1. The van der Waals surface area contributed by atoms with Crippen molar-refractivity contribution in [3.63, 3.8) is 0 Å². The molecule has 6 nitrogen and oxygen atoms in total. The fraction of sp³-hybridized carbons (Fsp3) is 0.429. The number of hydrogen-bond donors (Lipinski definition) is 2. The maximum atomic E-state index is 13.0. The maximum absolute atomic E-state index is 13.0. The van der Waals surface area contributed by atoms with Crippen LogP contribution in [0.1, 0.15) is 52.4 Å². The van der Waals surface area contributed by atoms with Crippen LogP contribution in [0.5, 0.6) is 0 Å². The van der Waals surface area contributed by atoms with Crippen LogP contribution in [0, 0.1) is 13.8 Å². The minimum Gasteiger partial charge on any atom is -0.462 e. The number of para-hydroxylation sites is 1. The van der Waals surface area contributed by atoms with Crippen LogP contribution < -0.4 is 4.90 Å². The van der Waals surface area contributed by atoms with Gasteiger partial charge in [0.05, 0.1) is 30.5 Å². The number of aromatic amines is 1. The summed E-state index contributed by atoms with van der Waals surface area (Å²) in [5.74, 6) is -0.567. The third-order valence-corrected chi connectivity index (χ3v) is 4.55. The lowest BCUT2D eigenvalue weighted by atomic mass is 10.1. The van der Waals surface area contributed by atoms with Crippen molar-refractivity contribution >= 4 is 17.4 Å². The van der Waals surface area contributed by atoms with E-state index in [0.717, 1.165) is 5.69 Å². The number of aliphatic hydroxyl groups excluding tert-OH is 1. The number of nitrogens with one attached hydrogen (secondary N) is 1. The highest BCUT2D eigenvalue weighted by Crippen LogP contribution is 2.21. The van der Waals surface area contributed by atoms with Crippen molar-refractivity contribution in [3.05, 3.63) is 52.8 Å². The molecule has 1 heterocycles. The third kappa shape index (κ3) is 4.98. The number of aryl methyl sites for hydroxylation is 1. The van der Waals surface area contributed by atoms with Gasteiger partial charge in [0.1, 0.15) is 0 Å². The predicted molar refractivity (Wildman–Crippen MR) is 106 cm³/mol. The van der Waals surface area contributed by atoms with Gasteiger partial charge in [-0.1, -0.05) is 25.1 Å². The summed E-state index contributed by atoms with van der Waals surface area (Å²) in [6, 6.07) is 9.52. The number of aromatic nitrogens is 1. The Bertz CT molecular complexity index is 783. The number of benzene rings is 1. The number of ether oxygens (including phenoxy) is 1. The summed E-state index contributed by atoms with van der Waals surface area (Å²) < 4.78 is 5.09. The van der Waals surface area contributed by atoms with Gasteiger partial charge in [-0.3, -0.25) is 4.79 Å². The molecule has 1 aromatic heterocycles. The first-order valence-electron chi connectivity index (χ1n) is 9.26. The number of carbonyl (C=O) groups excluding carboxylic acids is 2. The molecule has 1 aromatic carbocycles. The molecule has 0 radical (unpaired) electrons. The van der Waals surface area contributed by atoms with Crippen molar-refractivity contribution < 1.29 is 19.4 Å². The van der Waals surface area contributed by atoms with Gasteiger partial charge in [-0.05, 0) is 44.9 Å². The molecule has 0 saturated heterocycles. The summed E-state index contributed by atoms with van der Waals surface area (Å²) >= 11 is 0. The number of rotatable bonds is 9. The molecule has 1 atom stereocenters. The maximum Gasteiger partial charge on any atom is 0.340 e. The standard InChI is InChI=1S/C21H28N2O4/c1-5-17(24)12-23(16-10-8-7-9-11-16)13-18(25)20-14(3)19(15(4)22-20)21(26)27-6-2/h7-11,17,22,24H,5-6,12-13H2,1-4H3. The summed E-state index contributed by atoms with van der Waals surface area (Å²) in [4.78, 5) is 30.0. The second-order valence-corrected chi connectivity index (χ2v) is 6.55. The Morgan fingerprint density at radius 2 is 1.85 bits per heavy atom. The average Bonchev–Trinajstić information content (AvgIpc) is 2.96. The van der Waals surface area contributed by atoms with Gasteiger partial charge in [0.15, 0.2) is 5.78 Å². The molecule has 0 fully saturated rings. The Hall–Kier alpha value is -2.60. The number of H-pyrrole nitrogens is 1. The largest absolute Gasteiger partial charge is 0.462 e. The highest BCUT2D eigenvalue weighted by molar-refractivity contribution is 6.03. The highest BCUT2D eigenvalue weighted by Gasteiger charge is 2.24. The molecular weight excluding hydrogens is 344 g/mol. The second kappa shape index (κ2) is 9.37. The van der Waals surface area contributed by atoms with Crippen LogP contribution in [0.3, 0.4) is 0 Å². The third-order valence-electron chi connectivity index (χ3n) is 4.55. The SMILES string of the molecule is CCOC(=O)c1c(C)[nH]c(C(=O)CN(CC(O)CC)c2ccccc2)c1C. The predicted octanol–water partition coefficient (Wildman–Crippen LogP) is 3.27. The molecule has 27 heavy (non-hydrogen) atoms. The average molecular weight is 372 g/mol. The molecule has 2 aromatic rings. The number of hydrogen-bond acceptors (Lipinski definition) is 5. The zero-order valence-corrected chi connectivity index (χ0v) is 16.4. The quantitative estimate of drug-likeness (QED) is 0.521. The van der Waals surface area contributed by atoms with Gasteiger partial charge in [-0.15, -0.1) is 0 Å². The van der Waals surface area contributed by atoms with Gasteiger partial charge >= 0.3 is 5.97 Å². The van der Waals surface area contributed by atoms with Crippen LogP contribution in [0.2, 0.25) is 0 Å². The first-order valence-corrected chi connectivity index (χ1v) is 9.26. The summed E-state index contributed by atoms with van der Waals surface area (Å²) in [5.41, 5.74) is 2.90. The topological polar surface area (TPSA) is 82.6 Å². The fourth-order valence-corrected chi connectivity index (χ4v) is 3.07. The summed E-state index contributed by atoms with van der Waals surface area (Å²) in [6.45, 7) is 7.89. The Morgan fingerprint density at radius 3 is 2.44 bits per heavy atom. The summed E-state index contributed by atoms with van der Waals surface area (Å²) in [6.07, 6.45) is 0.0742. The second-order valence-electron chi connectivity index (χ2n) is 6.55. The number of ketones is 1.